The predicted octanol–water partition coefficient (Wildman–Crippen LogP) is 1.31. The normalized spacial score (nSPS) is 14.7. The molecule has 3 N–H and O–H groups in total. The van der Waals surface area contributed by atoms with Crippen LogP contribution in [0.1, 0.15) is 39.5 Å². The molecule has 0 aromatic rings. The molecule has 1 atom stereocenters. The van der Waals surface area contributed by atoms with E-state index >= 15 is 0 Å². The van der Waals surface area contributed by atoms with Crippen LogP contribution < -0.4 is 0 Å². The molecule has 0 aromatic carbocycles. The van der Waals surface area contributed by atoms with Crippen LogP contribution in [0.15, 0.2) is 11.1 Å². The lowest BCUT2D eigenvalue weighted by molar-refractivity contribution is -0.136. The van der Waals surface area contributed by atoms with Crippen molar-refractivity contribution in [1.82, 2.24) is 0 Å². The minimum Gasteiger partial charge on any atom is -0.478 e. The smallest absolute Gasteiger partial charge is 0.333 e. The molecule has 0 aliphatic heterocycles. The van der Waals surface area contributed by atoms with Gasteiger partial charge in [-0.15, -0.1) is 0 Å². The Labute approximate surface area is 111 Å². The van der Waals surface area contributed by atoms with Gasteiger partial charge < -0.3 is 10.2 Å². The maximum atomic E-state index is 11.2. The SMILES string of the molecule is CCCC/C(C(=O)O)=C(/C(=O)O)C(CC)S(=O)(=O)O. The largest absolute Gasteiger partial charge is 0.478 e. The van der Waals surface area contributed by atoms with Crippen molar-refractivity contribution in [2.75, 3.05) is 0 Å². The second-order valence-electron chi connectivity index (χ2n) is 4.02. The number of carboxylic acid groups (broad SMARTS) is 2. The maximum absolute atomic E-state index is 11.2. The summed E-state index contributed by atoms with van der Waals surface area (Å²) in [4.78, 5) is 22.3. The number of unbranched alkanes of at least 4 members (excludes halogenated alkanes) is 1. The summed E-state index contributed by atoms with van der Waals surface area (Å²) in [5, 5.41) is 16.4. The molecule has 0 aliphatic rings. The highest BCUT2D eigenvalue weighted by Crippen LogP contribution is 2.23. The van der Waals surface area contributed by atoms with Crippen molar-refractivity contribution in [3.8, 4) is 0 Å². The van der Waals surface area contributed by atoms with Gasteiger partial charge in [0, 0.05) is 5.57 Å². The Morgan fingerprint density at radius 2 is 1.63 bits per heavy atom. The van der Waals surface area contributed by atoms with Crippen LogP contribution in [0.3, 0.4) is 0 Å². The van der Waals surface area contributed by atoms with E-state index in [2.05, 4.69) is 0 Å². The molecule has 0 radical (unpaired) electrons. The van der Waals surface area contributed by atoms with Crippen LogP contribution >= 0.6 is 0 Å². The van der Waals surface area contributed by atoms with Gasteiger partial charge >= 0.3 is 11.9 Å². The molecule has 0 saturated heterocycles. The zero-order chi connectivity index (χ0) is 15.2. The van der Waals surface area contributed by atoms with Crippen molar-refractivity contribution in [2.24, 2.45) is 0 Å². The van der Waals surface area contributed by atoms with Gasteiger partial charge in [-0.25, -0.2) is 9.59 Å². The Balaban J connectivity index is 5.95. The molecule has 0 bridgehead atoms. The average molecular weight is 294 g/mol. The fraction of sp³-hybridized carbons (Fsp3) is 0.636. The summed E-state index contributed by atoms with van der Waals surface area (Å²) in [6, 6.07) is 0. The zero-order valence-electron chi connectivity index (χ0n) is 10.8. The Morgan fingerprint density at radius 3 is 1.89 bits per heavy atom. The van der Waals surface area contributed by atoms with E-state index in [4.69, 9.17) is 14.8 Å². The van der Waals surface area contributed by atoms with Crippen LogP contribution in [0.25, 0.3) is 0 Å². The van der Waals surface area contributed by atoms with Crippen molar-refractivity contribution in [1.29, 1.82) is 0 Å². The highest BCUT2D eigenvalue weighted by molar-refractivity contribution is 7.86. The topological polar surface area (TPSA) is 129 Å². The van der Waals surface area contributed by atoms with E-state index in [0.717, 1.165) is 0 Å². The van der Waals surface area contributed by atoms with E-state index in [0.29, 0.717) is 12.8 Å². The molecule has 0 aromatic heterocycles. The van der Waals surface area contributed by atoms with Crippen LogP contribution in [0.5, 0.6) is 0 Å². The van der Waals surface area contributed by atoms with Gasteiger partial charge in [0.25, 0.3) is 10.1 Å². The minimum atomic E-state index is -4.66. The fourth-order valence-corrected chi connectivity index (χ4v) is 2.70. The average Bonchev–Trinajstić information content (AvgIpc) is 2.25. The van der Waals surface area contributed by atoms with Gasteiger partial charge in [-0.3, -0.25) is 4.55 Å². The van der Waals surface area contributed by atoms with Crippen molar-refractivity contribution < 1.29 is 32.8 Å². The van der Waals surface area contributed by atoms with Crippen LogP contribution in [0, 0.1) is 0 Å². The van der Waals surface area contributed by atoms with Gasteiger partial charge in [0.1, 0.15) is 5.25 Å². The maximum Gasteiger partial charge on any atom is 0.333 e. The zero-order valence-corrected chi connectivity index (χ0v) is 11.6. The molecule has 0 aliphatic carbocycles. The molecule has 0 rings (SSSR count). The number of hydrogen-bond donors (Lipinski definition) is 3. The molecule has 110 valence electrons. The molecule has 8 heteroatoms. The number of aliphatic carboxylic acids is 2. The third-order valence-corrected chi connectivity index (χ3v) is 3.93. The molecule has 0 fully saturated rings. The first-order chi connectivity index (χ1) is 8.66. The van der Waals surface area contributed by atoms with E-state index in [1.54, 1.807) is 6.92 Å². The summed E-state index contributed by atoms with van der Waals surface area (Å²) < 4.78 is 31.4. The summed E-state index contributed by atoms with van der Waals surface area (Å²) in [6.07, 6.45) is 0.773. The van der Waals surface area contributed by atoms with Crippen LogP contribution in [0.2, 0.25) is 0 Å². The number of carboxylic acids is 2. The van der Waals surface area contributed by atoms with Crippen LogP contribution in [-0.4, -0.2) is 40.4 Å². The summed E-state index contributed by atoms with van der Waals surface area (Å²) in [5.41, 5.74) is -1.23. The van der Waals surface area contributed by atoms with Crippen molar-refractivity contribution in [3.05, 3.63) is 11.1 Å². The monoisotopic (exact) mass is 294 g/mol. The van der Waals surface area contributed by atoms with Crippen LogP contribution in [-0.2, 0) is 19.7 Å². The van der Waals surface area contributed by atoms with E-state index in [1.165, 1.54) is 6.92 Å². The molecule has 1 unspecified atom stereocenters. The van der Waals surface area contributed by atoms with E-state index in [9.17, 15) is 18.0 Å². The number of rotatable bonds is 8. The number of hydrogen-bond acceptors (Lipinski definition) is 4. The lowest BCUT2D eigenvalue weighted by Crippen LogP contribution is -2.29. The van der Waals surface area contributed by atoms with E-state index in [-0.39, 0.29) is 12.8 Å². The molecule has 0 heterocycles. The molecule has 0 saturated carbocycles. The predicted molar refractivity (Wildman–Crippen MR) is 67.5 cm³/mol. The molecular formula is C11H18O7S. The lowest BCUT2D eigenvalue weighted by Gasteiger charge is -2.15. The Morgan fingerprint density at radius 1 is 1.11 bits per heavy atom. The molecule has 19 heavy (non-hydrogen) atoms. The van der Waals surface area contributed by atoms with Crippen molar-refractivity contribution in [2.45, 2.75) is 44.8 Å². The number of carbonyl (C=O) groups is 2. The molecule has 0 spiro atoms. The van der Waals surface area contributed by atoms with Gasteiger partial charge in [-0.2, -0.15) is 8.42 Å². The van der Waals surface area contributed by atoms with Gasteiger partial charge in [0.05, 0.1) is 5.57 Å². The third-order valence-electron chi connectivity index (χ3n) is 2.65. The van der Waals surface area contributed by atoms with Gasteiger partial charge in [-0.05, 0) is 19.3 Å². The lowest BCUT2D eigenvalue weighted by atomic mass is 9.98. The fourth-order valence-electron chi connectivity index (χ4n) is 1.74. The summed E-state index contributed by atoms with van der Waals surface area (Å²) >= 11 is 0. The molecule has 0 amide bonds. The quantitative estimate of drug-likeness (QED) is 0.454. The second-order valence-corrected chi connectivity index (χ2v) is 5.62. The minimum absolute atomic E-state index is 0.0561. The van der Waals surface area contributed by atoms with Gasteiger partial charge in [0.15, 0.2) is 0 Å². The van der Waals surface area contributed by atoms with E-state index in [1.807, 2.05) is 0 Å². The van der Waals surface area contributed by atoms with E-state index < -0.39 is 38.5 Å². The van der Waals surface area contributed by atoms with Crippen LogP contribution in [0.4, 0.5) is 0 Å². The molecule has 7 nitrogen and oxygen atoms in total. The summed E-state index contributed by atoms with van der Waals surface area (Å²) in [7, 11) is -4.66. The first-order valence-electron chi connectivity index (χ1n) is 5.82. The van der Waals surface area contributed by atoms with Crippen molar-refractivity contribution in [3.63, 3.8) is 0 Å². The summed E-state index contributed by atoms with van der Waals surface area (Å²) in [6.45, 7) is 3.15. The second kappa shape index (κ2) is 7.25. The third kappa shape index (κ3) is 4.99. The standard InChI is InChI=1S/C11H18O7S/c1-3-5-6-7(10(12)13)9(11(14)15)8(4-2)19(16,17)18/h8H,3-6H2,1-2H3,(H,12,13)(H,14,15)(H,16,17,18)/b9-7-. The van der Waals surface area contributed by atoms with Gasteiger partial charge in [-0.1, -0.05) is 20.3 Å². The van der Waals surface area contributed by atoms with Crippen molar-refractivity contribution >= 4 is 22.1 Å². The Kier molecular flexibility index (Phi) is 6.71. The first kappa shape index (κ1) is 17.6. The van der Waals surface area contributed by atoms with Gasteiger partial charge in [0.2, 0.25) is 0 Å². The summed E-state index contributed by atoms with van der Waals surface area (Å²) in [5.74, 6) is -3.12. The Bertz CT molecular complexity index is 475. The first-order valence-corrected chi connectivity index (χ1v) is 7.32. The molecular weight excluding hydrogens is 276 g/mol. The highest BCUT2D eigenvalue weighted by atomic mass is 32.2. The highest BCUT2D eigenvalue weighted by Gasteiger charge is 2.34. The Hall–Kier alpha value is -1.41.